The Morgan fingerprint density at radius 3 is 2.77 bits per heavy atom. The fourth-order valence-electron chi connectivity index (χ4n) is 3.24. The van der Waals surface area contributed by atoms with Crippen molar-refractivity contribution >= 4 is 22.7 Å². The van der Waals surface area contributed by atoms with E-state index in [2.05, 4.69) is 31.2 Å². The van der Waals surface area contributed by atoms with Crippen molar-refractivity contribution < 1.29 is 4.74 Å². The third-order valence-corrected chi connectivity index (χ3v) is 5.77. The zero-order chi connectivity index (χ0) is 17.9. The molecule has 0 aliphatic carbocycles. The number of rotatable bonds is 5. The van der Waals surface area contributed by atoms with Crippen molar-refractivity contribution in [1.29, 1.82) is 0 Å². The van der Waals surface area contributed by atoms with Crippen LogP contribution in [0.3, 0.4) is 0 Å². The molecular weight excluding hydrogens is 344 g/mol. The molecule has 0 radical (unpaired) electrons. The van der Waals surface area contributed by atoms with Gasteiger partial charge in [-0.1, -0.05) is 53.7 Å². The van der Waals surface area contributed by atoms with Gasteiger partial charge in [0.1, 0.15) is 0 Å². The van der Waals surface area contributed by atoms with E-state index in [4.69, 9.17) is 9.72 Å². The van der Waals surface area contributed by atoms with Crippen LogP contribution < -0.4 is 5.56 Å². The van der Waals surface area contributed by atoms with Gasteiger partial charge < -0.3 is 4.74 Å². The van der Waals surface area contributed by atoms with E-state index in [1.165, 1.54) is 11.1 Å². The first-order valence-corrected chi connectivity index (χ1v) is 9.99. The first kappa shape index (κ1) is 17.3. The summed E-state index contributed by atoms with van der Waals surface area (Å²) in [6.45, 7) is 3.44. The highest BCUT2D eigenvalue weighted by atomic mass is 32.2. The SMILES string of the molecule is Cc1ccc(CSc2nc3ccccc3c(=O)n2C[C@@H]2CCCO2)cc1. The van der Waals surface area contributed by atoms with Gasteiger partial charge in [0.15, 0.2) is 5.16 Å². The molecule has 134 valence electrons. The number of para-hydroxylation sites is 1. The smallest absolute Gasteiger partial charge is 0.262 e. The molecule has 1 aliphatic heterocycles. The molecule has 5 heteroatoms. The second-order valence-corrected chi connectivity index (χ2v) is 7.68. The average molecular weight is 366 g/mol. The van der Waals surface area contributed by atoms with E-state index in [-0.39, 0.29) is 11.7 Å². The summed E-state index contributed by atoms with van der Waals surface area (Å²) in [5.41, 5.74) is 3.26. The third-order valence-electron chi connectivity index (χ3n) is 4.73. The van der Waals surface area contributed by atoms with E-state index in [1.807, 2.05) is 24.3 Å². The van der Waals surface area contributed by atoms with Crippen LogP contribution >= 0.6 is 11.8 Å². The highest BCUT2D eigenvalue weighted by Gasteiger charge is 2.20. The van der Waals surface area contributed by atoms with Crippen molar-refractivity contribution in [3.8, 4) is 0 Å². The number of aryl methyl sites for hydroxylation is 1. The molecule has 0 N–H and O–H groups in total. The van der Waals surface area contributed by atoms with E-state index in [1.54, 1.807) is 16.3 Å². The zero-order valence-electron chi connectivity index (χ0n) is 14.9. The second kappa shape index (κ2) is 7.64. The lowest BCUT2D eigenvalue weighted by Gasteiger charge is -2.16. The maximum absolute atomic E-state index is 13.0. The maximum atomic E-state index is 13.0. The number of aromatic nitrogens is 2. The fraction of sp³-hybridized carbons (Fsp3) is 0.333. The van der Waals surface area contributed by atoms with Gasteiger partial charge in [-0.2, -0.15) is 0 Å². The molecule has 0 unspecified atom stereocenters. The Morgan fingerprint density at radius 1 is 1.19 bits per heavy atom. The minimum atomic E-state index is 0.0255. The standard InChI is InChI=1S/C21H22N2O2S/c1-15-8-10-16(11-9-15)14-26-21-22-19-7-3-2-6-18(19)20(24)23(21)13-17-5-4-12-25-17/h2-3,6-11,17H,4-5,12-14H2,1H3/t17-/m0/s1. The van der Waals surface area contributed by atoms with Gasteiger partial charge >= 0.3 is 0 Å². The molecule has 1 atom stereocenters. The van der Waals surface area contributed by atoms with Crippen molar-refractivity contribution in [2.24, 2.45) is 0 Å². The number of ether oxygens (including phenoxy) is 1. The molecule has 0 bridgehead atoms. The van der Waals surface area contributed by atoms with Gasteiger partial charge in [-0.25, -0.2) is 4.98 Å². The lowest BCUT2D eigenvalue weighted by atomic mass is 10.2. The number of fused-ring (bicyclic) bond motifs is 1. The molecular formula is C21H22N2O2S. The third kappa shape index (κ3) is 3.69. The fourth-order valence-corrected chi connectivity index (χ4v) is 4.21. The molecule has 0 amide bonds. The average Bonchev–Trinajstić information content (AvgIpc) is 3.17. The molecule has 0 spiro atoms. The summed E-state index contributed by atoms with van der Waals surface area (Å²) in [5, 5.41) is 1.44. The van der Waals surface area contributed by atoms with Gasteiger partial charge in [0.2, 0.25) is 0 Å². The van der Waals surface area contributed by atoms with Crippen LogP contribution in [-0.2, 0) is 17.0 Å². The molecule has 4 nitrogen and oxygen atoms in total. The second-order valence-electron chi connectivity index (χ2n) is 6.74. The normalized spacial score (nSPS) is 17.0. The molecule has 0 saturated carbocycles. The summed E-state index contributed by atoms with van der Waals surface area (Å²) >= 11 is 1.61. The van der Waals surface area contributed by atoms with Crippen molar-refractivity contribution in [3.63, 3.8) is 0 Å². The molecule has 2 heterocycles. The van der Waals surface area contributed by atoms with Gasteiger partial charge in [0.05, 0.1) is 23.6 Å². The Bertz CT molecular complexity index is 960. The number of thioether (sulfide) groups is 1. The Hall–Kier alpha value is -2.11. The lowest BCUT2D eigenvalue weighted by molar-refractivity contribution is 0.0937. The number of hydrogen-bond donors (Lipinski definition) is 0. The van der Waals surface area contributed by atoms with E-state index in [9.17, 15) is 4.79 Å². The van der Waals surface area contributed by atoms with Crippen LogP contribution in [0.25, 0.3) is 10.9 Å². The van der Waals surface area contributed by atoms with Crippen LogP contribution in [0.4, 0.5) is 0 Å². The Morgan fingerprint density at radius 2 is 2.00 bits per heavy atom. The van der Waals surface area contributed by atoms with Crippen LogP contribution in [0.15, 0.2) is 58.5 Å². The summed E-state index contributed by atoms with van der Waals surface area (Å²) in [6, 6.07) is 16.1. The summed E-state index contributed by atoms with van der Waals surface area (Å²) in [6.07, 6.45) is 2.17. The van der Waals surface area contributed by atoms with E-state index in [0.717, 1.165) is 35.9 Å². The highest BCUT2D eigenvalue weighted by molar-refractivity contribution is 7.98. The molecule has 2 aromatic carbocycles. The maximum Gasteiger partial charge on any atom is 0.262 e. The van der Waals surface area contributed by atoms with Crippen LogP contribution in [0, 0.1) is 6.92 Å². The first-order valence-electron chi connectivity index (χ1n) is 9.00. The molecule has 3 aromatic rings. The lowest BCUT2D eigenvalue weighted by Crippen LogP contribution is -2.28. The minimum absolute atomic E-state index is 0.0255. The Balaban J connectivity index is 1.68. The number of hydrogen-bond acceptors (Lipinski definition) is 4. The van der Waals surface area contributed by atoms with Gasteiger partial charge in [-0.05, 0) is 37.5 Å². The monoisotopic (exact) mass is 366 g/mol. The van der Waals surface area contributed by atoms with Crippen molar-refractivity contribution in [2.75, 3.05) is 6.61 Å². The molecule has 4 rings (SSSR count). The summed E-state index contributed by atoms with van der Waals surface area (Å²) in [5.74, 6) is 0.788. The van der Waals surface area contributed by atoms with E-state index < -0.39 is 0 Å². The van der Waals surface area contributed by atoms with Crippen LogP contribution in [0.5, 0.6) is 0 Å². The van der Waals surface area contributed by atoms with Gasteiger partial charge in [0.25, 0.3) is 5.56 Å². The predicted octanol–water partition coefficient (Wildman–Crippen LogP) is 4.18. The summed E-state index contributed by atoms with van der Waals surface area (Å²) in [4.78, 5) is 17.8. The van der Waals surface area contributed by atoms with E-state index in [0.29, 0.717) is 11.9 Å². The minimum Gasteiger partial charge on any atom is -0.376 e. The van der Waals surface area contributed by atoms with Crippen molar-refractivity contribution in [1.82, 2.24) is 9.55 Å². The van der Waals surface area contributed by atoms with E-state index >= 15 is 0 Å². The summed E-state index contributed by atoms with van der Waals surface area (Å²) in [7, 11) is 0. The van der Waals surface area contributed by atoms with Gasteiger partial charge in [-0.15, -0.1) is 0 Å². The topological polar surface area (TPSA) is 44.1 Å². The van der Waals surface area contributed by atoms with Crippen molar-refractivity contribution in [2.45, 2.75) is 43.3 Å². The molecule has 1 aliphatic rings. The molecule has 1 saturated heterocycles. The predicted molar refractivity (Wildman–Crippen MR) is 106 cm³/mol. The zero-order valence-corrected chi connectivity index (χ0v) is 15.7. The number of benzene rings is 2. The van der Waals surface area contributed by atoms with Crippen molar-refractivity contribution in [3.05, 3.63) is 70.0 Å². The number of nitrogens with zero attached hydrogens (tertiary/aromatic N) is 2. The van der Waals surface area contributed by atoms with Gasteiger partial charge in [0, 0.05) is 12.4 Å². The first-order chi connectivity index (χ1) is 12.7. The van der Waals surface area contributed by atoms with Crippen LogP contribution in [0.2, 0.25) is 0 Å². The largest absolute Gasteiger partial charge is 0.376 e. The van der Waals surface area contributed by atoms with Crippen LogP contribution in [-0.4, -0.2) is 22.3 Å². The Labute approximate surface area is 157 Å². The highest BCUT2D eigenvalue weighted by Crippen LogP contribution is 2.24. The molecule has 1 aromatic heterocycles. The van der Waals surface area contributed by atoms with Crippen LogP contribution in [0.1, 0.15) is 24.0 Å². The quantitative estimate of drug-likeness (QED) is 0.502. The van der Waals surface area contributed by atoms with Gasteiger partial charge in [-0.3, -0.25) is 9.36 Å². The summed E-state index contributed by atoms with van der Waals surface area (Å²) < 4.78 is 7.56. The molecule has 26 heavy (non-hydrogen) atoms. The Kier molecular flexibility index (Phi) is 5.09. The molecule has 1 fully saturated rings.